The van der Waals surface area contributed by atoms with Gasteiger partial charge in [0.25, 0.3) is 0 Å². The van der Waals surface area contributed by atoms with Crippen LogP contribution in [0.3, 0.4) is 0 Å². The molecule has 0 aromatic carbocycles. The first-order chi connectivity index (χ1) is 11.5. The molecular formula is C15H16N6O2S. The van der Waals surface area contributed by atoms with Gasteiger partial charge in [-0.05, 0) is 26.8 Å². The molecule has 0 aliphatic carbocycles. The average Bonchev–Trinajstić information content (AvgIpc) is 3.10. The molecule has 124 valence electrons. The number of hydrogen-bond acceptors (Lipinski definition) is 7. The lowest BCUT2D eigenvalue weighted by molar-refractivity contribution is -0.113. The van der Waals surface area contributed by atoms with E-state index in [1.54, 1.807) is 23.7 Å². The van der Waals surface area contributed by atoms with Crippen LogP contribution in [0.25, 0.3) is 5.82 Å². The molecule has 0 saturated heterocycles. The molecule has 3 aromatic heterocycles. The summed E-state index contributed by atoms with van der Waals surface area (Å²) < 4.78 is 6.65. The Labute approximate surface area is 142 Å². The summed E-state index contributed by atoms with van der Waals surface area (Å²) in [6, 6.07) is 5.44. The minimum atomic E-state index is -0.181. The first kappa shape index (κ1) is 16.2. The molecule has 0 unspecified atom stereocenters. The number of aromatic nitrogens is 5. The summed E-state index contributed by atoms with van der Waals surface area (Å²) in [4.78, 5) is 20.3. The molecule has 0 aliphatic heterocycles. The monoisotopic (exact) mass is 344 g/mol. The Kier molecular flexibility index (Phi) is 4.61. The van der Waals surface area contributed by atoms with E-state index in [0.29, 0.717) is 22.4 Å². The summed E-state index contributed by atoms with van der Waals surface area (Å²) in [6.07, 6.45) is 1.47. The first-order valence-corrected chi connectivity index (χ1v) is 8.21. The highest BCUT2D eigenvalue weighted by atomic mass is 32.2. The number of amides is 1. The van der Waals surface area contributed by atoms with E-state index >= 15 is 0 Å². The lowest BCUT2D eigenvalue weighted by Crippen LogP contribution is -2.14. The van der Waals surface area contributed by atoms with Crippen molar-refractivity contribution in [1.29, 1.82) is 0 Å². The molecule has 0 fully saturated rings. The van der Waals surface area contributed by atoms with E-state index in [1.165, 1.54) is 18.1 Å². The highest BCUT2D eigenvalue weighted by Gasteiger charge is 2.10. The van der Waals surface area contributed by atoms with E-state index < -0.39 is 0 Å². The van der Waals surface area contributed by atoms with Gasteiger partial charge in [-0.15, -0.1) is 0 Å². The largest absolute Gasteiger partial charge is 0.360 e. The van der Waals surface area contributed by atoms with E-state index in [9.17, 15) is 4.79 Å². The molecular weight excluding hydrogens is 328 g/mol. The quantitative estimate of drug-likeness (QED) is 0.560. The number of carbonyl (C=O) groups is 1. The van der Waals surface area contributed by atoms with Gasteiger partial charge >= 0.3 is 0 Å². The Bertz CT molecular complexity index is 872. The highest BCUT2D eigenvalue weighted by molar-refractivity contribution is 7.99. The maximum Gasteiger partial charge on any atom is 0.236 e. The number of carbonyl (C=O) groups excluding carboxylic acids is 1. The van der Waals surface area contributed by atoms with Crippen molar-refractivity contribution in [3.05, 3.63) is 41.7 Å². The van der Waals surface area contributed by atoms with Crippen molar-refractivity contribution in [3.63, 3.8) is 0 Å². The molecule has 3 aromatic rings. The topological polar surface area (TPSA) is 98.7 Å². The van der Waals surface area contributed by atoms with Gasteiger partial charge in [-0.1, -0.05) is 16.9 Å². The van der Waals surface area contributed by atoms with Crippen molar-refractivity contribution >= 4 is 23.5 Å². The van der Waals surface area contributed by atoms with Crippen LogP contribution in [0.1, 0.15) is 17.1 Å². The third kappa shape index (κ3) is 3.80. The van der Waals surface area contributed by atoms with E-state index in [0.717, 1.165) is 11.4 Å². The second-order valence-corrected chi connectivity index (χ2v) is 6.21. The molecule has 9 heteroatoms. The minimum Gasteiger partial charge on any atom is -0.360 e. The van der Waals surface area contributed by atoms with Crippen molar-refractivity contribution in [1.82, 2.24) is 24.9 Å². The highest BCUT2D eigenvalue weighted by Crippen LogP contribution is 2.18. The van der Waals surface area contributed by atoms with Gasteiger partial charge in [-0.3, -0.25) is 4.79 Å². The molecule has 0 atom stereocenters. The summed E-state index contributed by atoms with van der Waals surface area (Å²) in [5.41, 5.74) is 1.91. The number of nitrogens with zero attached hydrogens (tertiary/aromatic N) is 5. The fraction of sp³-hybridized carbons (Fsp3) is 0.267. The van der Waals surface area contributed by atoms with Crippen molar-refractivity contribution in [2.45, 2.75) is 25.8 Å². The minimum absolute atomic E-state index is 0.181. The number of rotatable bonds is 5. The fourth-order valence-electron chi connectivity index (χ4n) is 2.13. The third-order valence-electron chi connectivity index (χ3n) is 3.10. The molecule has 0 aliphatic rings. The first-order valence-electron chi connectivity index (χ1n) is 7.23. The maximum atomic E-state index is 11.9. The van der Waals surface area contributed by atoms with Crippen LogP contribution in [-0.4, -0.2) is 36.6 Å². The molecule has 8 nitrogen and oxygen atoms in total. The van der Waals surface area contributed by atoms with Crippen LogP contribution in [0.15, 0.2) is 34.1 Å². The number of anilines is 1. The lowest BCUT2D eigenvalue weighted by Gasteiger charge is -2.05. The van der Waals surface area contributed by atoms with Gasteiger partial charge in [0.1, 0.15) is 17.1 Å². The summed E-state index contributed by atoms with van der Waals surface area (Å²) >= 11 is 1.31. The van der Waals surface area contributed by atoms with E-state index in [-0.39, 0.29) is 11.7 Å². The Morgan fingerprint density at radius 1 is 1.25 bits per heavy atom. The summed E-state index contributed by atoms with van der Waals surface area (Å²) in [5, 5.41) is 11.5. The van der Waals surface area contributed by atoms with Gasteiger partial charge in [0.2, 0.25) is 5.91 Å². The average molecular weight is 344 g/mol. The van der Waals surface area contributed by atoms with Gasteiger partial charge in [-0.25, -0.2) is 14.6 Å². The van der Waals surface area contributed by atoms with Gasteiger partial charge < -0.3 is 9.84 Å². The van der Waals surface area contributed by atoms with Crippen molar-refractivity contribution in [2.75, 3.05) is 11.1 Å². The molecule has 1 N–H and O–H groups in total. The fourth-order valence-corrected chi connectivity index (χ4v) is 2.79. The SMILES string of the molecule is Cc1cc(C)n(-c2cc(SCC(=O)Nc3cc(C)on3)ncn2)n1. The smallest absolute Gasteiger partial charge is 0.236 e. The van der Waals surface area contributed by atoms with E-state index in [4.69, 9.17) is 4.52 Å². The third-order valence-corrected chi connectivity index (χ3v) is 4.03. The summed E-state index contributed by atoms with van der Waals surface area (Å²) in [7, 11) is 0. The van der Waals surface area contributed by atoms with Crippen molar-refractivity contribution in [3.8, 4) is 5.82 Å². The normalized spacial score (nSPS) is 10.8. The summed E-state index contributed by atoms with van der Waals surface area (Å²) in [6.45, 7) is 5.65. The second-order valence-electron chi connectivity index (χ2n) is 5.21. The molecule has 0 spiro atoms. The van der Waals surface area contributed by atoms with Crippen LogP contribution < -0.4 is 5.32 Å². The van der Waals surface area contributed by atoms with Crippen LogP contribution in [0, 0.1) is 20.8 Å². The van der Waals surface area contributed by atoms with Crippen molar-refractivity contribution in [2.24, 2.45) is 0 Å². The molecule has 24 heavy (non-hydrogen) atoms. The predicted octanol–water partition coefficient (Wildman–Crippen LogP) is 2.31. The maximum absolute atomic E-state index is 11.9. The summed E-state index contributed by atoms with van der Waals surface area (Å²) in [5.74, 6) is 1.75. The second kappa shape index (κ2) is 6.83. The number of nitrogens with one attached hydrogen (secondary N) is 1. The Balaban J connectivity index is 1.64. The molecule has 0 bridgehead atoms. The van der Waals surface area contributed by atoms with Crippen LogP contribution in [-0.2, 0) is 4.79 Å². The standard InChI is InChI=1S/C15H16N6O2S/c1-9-4-10(2)21(19-9)13-6-15(17-8-16-13)24-7-14(22)18-12-5-11(3)23-20-12/h4-6,8H,7H2,1-3H3,(H,18,20,22). The van der Waals surface area contributed by atoms with Gasteiger partial charge in [0.15, 0.2) is 11.6 Å². The molecule has 1 amide bonds. The van der Waals surface area contributed by atoms with Gasteiger partial charge in [0, 0.05) is 17.8 Å². The van der Waals surface area contributed by atoms with Crippen LogP contribution in [0.4, 0.5) is 5.82 Å². The zero-order valence-corrected chi connectivity index (χ0v) is 14.3. The van der Waals surface area contributed by atoms with E-state index in [2.05, 4.69) is 25.5 Å². The Morgan fingerprint density at radius 2 is 2.08 bits per heavy atom. The van der Waals surface area contributed by atoms with Crippen LogP contribution in [0.2, 0.25) is 0 Å². The zero-order valence-electron chi connectivity index (χ0n) is 13.5. The molecule has 3 heterocycles. The number of hydrogen-bond donors (Lipinski definition) is 1. The molecule has 3 rings (SSSR count). The zero-order chi connectivity index (χ0) is 17.1. The lowest BCUT2D eigenvalue weighted by atomic mass is 10.4. The number of thioether (sulfide) groups is 1. The van der Waals surface area contributed by atoms with Crippen LogP contribution >= 0.6 is 11.8 Å². The predicted molar refractivity (Wildman–Crippen MR) is 89.2 cm³/mol. The molecule has 0 radical (unpaired) electrons. The van der Waals surface area contributed by atoms with Crippen LogP contribution in [0.5, 0.6) is 0 Å². The Hall–Kier alpha value is -2.68. The van der Waals surface area contributed by atoms with Gasteiger partial charge in [0.05, 0.1) is 11.4 Å². The van der Waals surface area contributed by atoms with Gasteiger partial charge in [-0.2, -0.15) is 5.10 Å². The van der Waals surface area contributed by atoms with E-state index in [1.807, 2.05) is 19.9 Å². The number of aryl methyl sites for hydroxylation is 3. The van der Waals surface area contributed by atoms with Crippen molar-refractivity contribution < 1.29 is 9.32 Å². The molecule has 0 saturated carbocycles. The Morgan fingerprint density at radius 3 is 2.75 bits per heavy atom.